The van der Waals surface area contributed by atoms with E-state index in [4.69, 9.17) is 5.14 Å². The molecule has 0 radical (unpaired) electrons. The van der Waals surface area contributed by atoms with Gasteiger partial charge in [-0.2, -0.15) is 0 Å². The topological polar surface area (TPSA) is 101 Å². The molecular formula is C4H11N3O3S. The van der Waals surface area contributed by atoms with Gasteiger partial charge in [-0.15, -0.1) is 0 Å². The van der Waals surface area contributed by atoms with E-state index in [0.29, 0.717) is 0 Å². The van der Waals surface area contributed by atoms with Gasteiger partial charge in [-0.3, -0.25) is 10.1 Å². The number of primary sulfonamides is 1. The van der Waals surface area contributed by atoms with E-state index in [-0.39, 0.29) is 0 Å². The van der Waals surface area contributed by atoms with E-state index in [1.54, 1.807) is 0 Å². The molecule has 4 N–H and O–H groups in total. The van der Waals surface area contributed by atoms with Crippen molar-refractivity contribution in [1.29, 1.82) is 0 Å². The highest BCUT2D eigenvalue weighted by molar-refractivity contribution is 7.89. The summed E-state index contributed by atoms with van der Waals surface area (Å²) in [5.41, 5.74) is -1.21. The lowest BCUT2D eigenvalue weighted by Gasteiger charge is -2.13. The van der Waals surface area contributed by atoms with Crippen molar-refractivity contribution in [3.8, 4) is 0 Å². The Morgan fingerprint density at radius 2 is 2.00 bits per heavy atom. The summed E-state index contributed by atoms with van der Waals surface area (Å²) in [7, 11) is -2.37. The normalized spacial score (nSPS) is 14.1. The number of amides is 1. The predicted molar refractivity (Wildman–Crippen MR) is 39.8 cm³/mol. The van der Waals surface area contributed by atoms with E-state index in [0.717, 1.165) is 0 Å². The Hall–Kier alpha value is -0.660. The highest BCUT2D eigenvalue weighted by atomic mass is 32.2. The zero-order chi connectivity index (χ0) is 9.07. The quantitative estimate of drug-likeness (QED) is 0.435. The van der Waals surface area contributed by atoms with Crippen molar-refractivity contribution in [3.63, 3.8) is 0 Å². The molecule has 0 aliphatic heterocycles. The van der Waals surface area contributed by atoms with Gasteiger partial charge in [0.05, 0.1) is 0 Å². The molecule has 1 atom stereocenters. The van der Waals surface area contributed by atoms with E-state index in [1.807, 2.05) is 0 Å². The number of hydrogen-bond acceptors (Lipinski definition) is 4. The molecule has 0 aromatic carbocycles. The average Bonchev–Trinajstić information content (AvgIpc) is 1.79. The first kappa shape index (κ1) is 10.3. The van der Waals surface area contributed by atoms with Crippen LogP contribution in [0.4, 0.5) is 0 Å². The number of hydrogen-bond donors (Lipinski definition) is 3. The zero-order valence-electron chi connectivity index (χ0n) is 6.29. The molecule has 6 nitrogen and oxygen atoms in total. The first-order valence-corrected chi connectivity index (χ1v) is 4.45. The van der Waals surface area contributed by atoms with Crippen LogP contribution in [0, 0.1) is 0 Å². The second-order valence-corrected chi connectivity index (χ2v) is 3.61. The van der Waals surface area contributed by atoms with Crippen LogP contribution < -0.4 is 15.8 Å². The van der Waals surface area contributed by atoms with Crippen LogP contribution in [0.1, 0.15) is 6.92 Å². The summed E-state index contributed by atoms with van der Waals surface area (Å²) in [5.74, 6) is -0.460. The molecule has 0 saturated heterocycles. The smallest absolute Gasteiger partial charge is 0.244 e. The minimum atomic E-state index is -3.75. The Bertz CT molecular complexity index is 235. The van der Waals surface area contributed by atoms with Crippen molar-refractivity contribution in [2.75, 3.05) is 7.05 Å². The molecule has 0 aliphatic rings. The lowest BCUT2D eigenvalue weighted by molar-refractivity contribution is -0.119. The first-order valence-electron chi connectivity index (χ1n) is 2.84. The number of carbonyl (C=O) groups is 1. The molecule has 0 fully saturated rings. The van der Waals surface area contributed by atoms with Crippen molar-refractivity contribution in [2.24, 2.45) is 5.14 Å². The van der Waals surface area contributed by atoms with E-state index in [1.165, 1.54) is 14.0 Å². The fourth-order valence-corrected chi connectivity index (χ4v) is 1.16. The Morgan fingerprint density at radius 1 is 1.55 bits per heavy atom. The number of carbonyl (C=O) groups excluding carboxylic acids is 1. The van der Waals surface area contributed by atoms with Crippen molar-refractivity contribution >= 4 is 15.9 Å². The maximum atomic E-state index is 10.6. The van der Waals surface area contributed by atoms with E-state index in [2.05, 4.69) is 10.6 Å². The van der Waals surface area contributed by atoms with Crippen molar-refractivity contribution in [1.82, 2.24) is 10.6 Å². The Kier molecular flexibility index (Phi) is 3.43. The highest BCUT2D eigenvalue weighted by Gasteiger charge is 2.18. The second kappa shape index (κ2) is 3.65. The Balaban J connectivity index is 4.31. The van der Waals surface area contributed by atoms with E-state index in [9.17, 15) is 13.2 Å². The summed E-state index contributed by atoms with van der Waals surface area (Å²) in [4.78, 5) is 10.4. The van der Waals surface area contributed by atoms with Gasteiger partial charge in [0.15, 0.2) is 5.50 Å². The van der Waals surface area contributed by atoms with Gasteiger partial charge in [0.1, 0.15) is 0 Å². The van der Waals surface area contributed by atoms with Crippen molar-refractivity contribution < 1.29 is 13.2 Å². The molecule has 0 spiro atoms. The van der Waals surface area contributed by atoms with Gasteiger partial charge in [0, 0.05) is 6.92 Å². The first-order chi connectivity index (χ1) is 4.88. The molecule has 66 valence electrons. The molecule has 1 amide bonds. The standard InChI is InChI=1S/C4H11N3O3S/c1-3(8)7-4(6-2)11(5,9)10/h4,6H,1-2H3,(H,7,8)(H2,5,9,10). The SMILES string of the molecule is CNC(NC(C)=O)S(N)(=O)=O. The lowest BCUT2D eigenvalue weighted by Crippen LogP contribution is -2.51. The summed E-state index contributed by atoms with van der Waals surface area (Å²) >= 11 is 0. The molecule has 0 aromatic heterocycles. The second-order valence-electron chi connectivity index (χ2n) is 1.96. The molecule has 0 heterocycles. The van der Waals surface area contributed by atoms with Gasteiger partial charge in [0.2, 0.25) is 15.9 Å². The predicted octanol–water partition coefficient (Wildman–Crippen LogP) is -2.09. The van der Waals surface area contributed by atoms with Crippen LogP contribution in [0.15, 0.2) is 0 Å². The van der Waals surface area contributed by atoms with Gasteiger partial charge in [-0.25, -0.2) is 13.6 Å². The number of nitrogens with two attached hydrogens (primary N) is 1. The van der Waals surface area contributed by atoms with Crippen LogP contribution >= 0.6 is 0 Å². The molecule has 0 bridgehead atoms. The van der Waals surface area contributed by atoms with Gasteiger partial charge in [-0.1, -0.05) is 0 Å². The highest BCUT2D eigenvalue weighted by Crippen LogP contribution is 1.84. The van der Waals surface area contributed by atoms with Crippen LogP contribution in [0.5, 0.6) is 0 Å². The molecule has 0 rings (SSSR count). The fraction of sp³-hybridized carbons (Fsp3) is 0.750. The van der Waals surface area contributed by atoms with Crippen LogP contribution in [0.2, 0.25) is 0 Å². The number of rotatable bonds is 3. The molecule has 7 heteroatoms. The maximum Gasteiger partial charge on any atom is 0.244 e. The Labute approximate surface area is 65.2 Å². The molecule has 11 heavy (non-hydrogen) atoms. The summed E-state index contributed by atoms with van der Waals surface area (Å²) in [6.07, 6.45) is 0. The van der Waals surface area contributed by atoms with Crippen LogP contribution in [0.3, 0.4) is 0 Å². The van der Waals surface area contributed by atoms with Crippen LogP contribution in [-0.4, -0.2) is 26.9 Å². The maximum absolute atomic E-state index is 10.6. The lowest BCUT2D eigenvalue weighted by atomic mass is 10.7. The Morgan fingerprint density at radius 3 is 2.09 bits per heavy atom. The molecule has 1 unspecified atom stereocenters. The van der Waals surface area contributed by atoms with E-state index >= 15 is 0 Å². The summed E-state index contributed by atoms with van der Waals surface area (Å²) < 4.78 is 21.2. The van der Waals surface area contributed by atoms with E-state index < -0.39 is 21.4 Å². The molecule has 0 aromatic rings. The third kappa shape index (κ3) is 3.91. The monoisotopic (exact) mass is 181 g/mol. The molecule has 0 saturated carbocycles. The minimum Gasteiger partial charge on any atom is -0.327 e. The number of nitrogens with one attached hydrogen (secondary N) is 2. The van der Waals surface area contributed by atoms with Gasteiger partial charge in [-0.05, 0) is 7.05 Å². The summed E-state index contributed by atoms with van der Waals surface area (Å²) in [6, 6.07) is 0. The van der Waals surface area contributed by atoms with Gasteiger partial charge < -0.3 is 5.32 Å². The summed E-state index contributed by atoms with van der Waals surface area (Å²) in [5, 5.41) is 9.17. The zero-order valence-corrected chi connectivity index (χ0v) is 7.10. The van der Waals surface area contributed by atoms with Crippen molar-refractivity contribution in [2.45, 2.75) is 12.4 Å². The summed E-state index contributed by atoms with van der Waals surface area (Å²) in [6.45, 7) is 1.20. The van der Waals surface area contributed by atoms with Gasteiger partial charge in [0.25, 0.3) is 0 Å². The third-order valence-electron chi connectivity index (χ3n) is 0.925. The van der Waals surface area contributed by atoms with Crippen molar-refractivity contribution in [3.05, 3.63) is 0 Å². The largest absolute Gasteiger partial charge is 0.327 e. The third-order valence-corrected chi connectivity index (χ3v) is 1.94. The van der Waals surface area contributed by atoms with Gasteiger partial charge >= 0.3 is 0 Å². The molecular weight excluding hydrogens is 170 g/mol. The minimum absolute atomic E-state index is 0.460. The fourth-order valence-electron chi connectivity index (χ4n) is 0.503. The average molecular weight is 181 g/mol. The van der Waals surface area contributed by atoms with Crippen LogP contribution in [0.25, 0.3) is 0 Å². The number of sulfonamides is 1. The molecule has 0 aliphatic carbocycles. The van der Waals surface area contributed by atoms with Crippen LogP contribution in [-0.2, 0) is 14.8 Å².